The Morgan fingerprint density at radius 1 is 0.967 bits per heavy atom. The maximum absolute atomic E-state index is 6.70. The lowest BCUT2D eigenvalue weighted by Gasteiger charge is -2.42. The molecule has 6 heteroatoms. The number of aromatic nitrogens is 3. The van der Waals surface area contributed by atoms with Crippen LogP contribution in [0.25, 0.3) is 0 Å². The van der Waals surface area contributed by atoms with E-state index < -0.39 is 0 Å². The van der Waals surface area contributed by atoms with E-state index in [2.05, 4.69) is 62.5 Å². The van der Waals surface area contributed by atoms with E-state index in [1.165, 1.54) is 40.0 Å². The molecule has 3 aromatic rings. The Bertz CT molecular complexity index is 1090. The third kappa shape index (κ3) is 2.93. The molecule has 2 heterocycles. The highest BCUT2D eigenvalue weighted by molar-refractivity contribution is 7.99. The maximum atomic E-state index is 6.70. The second-order valence-corrected chi connectivity index (χ2v) is 9.86. The predicted molar refractivity (Wildman–Crippen MR) is 119 cm³/mol. The van der Waals surface area contributed by atoms with Crippen LogP contribution >= 0.6 is 11.8 Å². The lowest BCUT2D eigenvalue weighted by molar-refractivity contribution is 0.186. The number of hydrogen-bond donors (Lipinski definition) is 1. The molecule has 2 N–H and O–H groups in total. The fourth-order valence-corrected chi connectivity index (χ4v) is 6.24. The van der Waals surface area contributed by atoms with Gasteiger partial charge < -0.3 is 10.6 Å². The van der Waals surface area contributed by atoms with E-state index in [4.69, 9.17) is 5.73 Å². The van der Waals surface area contributed by atoms with Crippen molar-refractivity contribution in [2.24, 2.45) is 11.1 Å². The number of fused-ring (bicyclic) bond motifs is 2. The number of aryl methyl sites for hydroxylation is 1. The normalized spacial score (nSPS) is 21.2. The van der Waals surface area contributed by atoms with E-state index in [1.54, 1.807) is 11.8 Å². The van der Waals surface area contributed by atoms with Gasteiger partial charge in [-0.2, -0.15) is 0 Å². The van der Waals surface area contributed by atoms with Crippen molar-refractivity contribution in [3.8, 4) is 0 Å². The molecule has 2 aromatic carbocycles. The molecule has 1 fully saturated rings. The van der Waals surface area contributed by atoms with E-state index in [0.717, 1.165) is 43.3 Å². The highest BCUT2D eigenvalue weighted by atomic mass is 32.2. The highest BCUT2D eigenvalue weighted by Gasteiger charge is 2.46. The first-order valence-corrected chi connectivity index (χ1v) is 11.6. The van der Waals surface area contributed by atoms with E-state index in [1.807, 2.05) is 6.20 Å². The largest absolute Gasteiger partial charge is 0.339 e. The van der Waals surface area contributed by atoms with Crippen molar-refractivity contribution in [2.75, 3.05) is 18.0 Å². The smallest absolute Gasteiger partial charge is 0.245 e. The first-order chi connectivity index (χ1) is 14.7. The Hall–Kier alpha value is -2.44. The highest BCUT2D eigenvalue weighted by Crippen LogP contribution is 2.50. The standard InChI is InChI=1S/C24H25N5S/c25-22-19-6-2-1-4-17(19)14-24(22)10-12-29(13-11-24)23-26-15-21(27-28-23)30-20-7-3-5-16-8-9-18(16)20/h1-7,15,22H,8-14,25H2/t22-/m1/s1. The second kappa shape index (κ2) is 7.06. The lowest BCUT2D eigenvalue weighted by Crippen LogP contribution is -2.45. The number of benzene rings is 2. The fraction of sp³-hybridized carbons (Fsp3) is 0.375. The Balaban J connectivity index is 1.13. The van der Waals surface area contributed by atoms with E-state index in [9.17, 15) is 0 Å². The second-order valence-electron chi connectivity index (χ2n) is 8.80. The molecule has 0 amide bonds. The van der Waals surface area contributed by atoms with Crippen LogP contribution in [0.5, 0.6) is 0 Å². The van der Waals surface area contributed by atoms with Crippen molar-refractivity contribution in [1.29, 1.82) is 0 Å². The van der Waals surface area contributed by atoms with Crippen molar-refractivity contribution in [1.82, 2.24) is 15.2 Å². The van der Waals surface area contributed by atoms with Crippen LogP contribution in [-0.4, -0.2) is 28.3 Å². The molecule has 2 aliphatic carbocycles. The molecule has 0 saturated carbocycles. The van der Waals surface area contributed by atoms with Crippen molar-refractivity contribution < 1.29 is 0 Å². The zero-order valence-electron chi connectivity index (χ0n) is 16.9. The minimum atomic E-state index is 0.136. The van der Waals surface area contributed by atoms with Gasteiger partial charge in [-0.1, -0.05) is 48.2 Å². The average molecular weight is 416 g/mol. The zero-order chi connectivity index (χ0) is 20.1. The lowest BCUT2D eigenvalue weighted by atomic mass is 9.73. The van der Waals surface area contributed by atoms with Gasteiger partial charge in [-0.25, -0.2) is 4.98 Å². The summed E-state index contributed by atoms with van der Waals surface area (Å²) in [6.45, 7) is 1.87. The predicted octanol–water partition coefficient (Wildman–Crippen LogP) is 3.96. The van der Waals surface area contributed by atoms with E-state index in [-0.39, 0.29) is 11.5 Å². The van der Waals surface area contributed by atoms with Gasteiger partial charge in [0.05, 0.1) is 6.20 Å². The molecule has 5 nitrogen and oxygen atoms in total. The molecule has 1 spiro atoms. The first kappa shape index (κ1) is 18.3. The Morgan fingerprint density at radius 2 is 1.80 bits per heavy atom. The third-order valence-corrected chi connectivity index (χ3v) is 8.25. The van der Waals surface area contributed by atoms with Gasteiger partial charge in [-0.05, 0) is 65.8 Å². The average Bonchev–Trinajstić information content (AvgIpc) is 3.02. The molecule has 1 aromatic heterocycles. The minimum absolute atomic E-state index is 0.136. The summed E-state index contributed by atoms with van der Waals surface area (Å²) in [5.41, 5.74) is 12.6. The van der Waals surface area contributed by atoms with Crippen LogP contribution in [0.1, 0.15) is 41.1 Å². The number of rotatable bonds is 3. The van der Waals surface area contributed by atoms with Crippen LogP contribution in [0.3, 0.4) is 0 Å². The first-order valence-electron chi connectivity index (χ1n) is 10.8. The van der Waals surface area contributed by atoms with Crippen molar-refractivity contribution in [2.45, 2.75) is 48.1 Å². The number of nitrogens with two attached hydrogens (primary N) is 1. The molecule has 0 bridgehead atoms. The maximum Gasteiger partial charge on any atom is 0.245 e. The summed E-state index contributed by atoms with van der Waals surface area (Å²) >= 11 is 1.67. The van der Waals surface area contributed by atoms with Crippen LogP contribution in [0.2, 0.25) is 0 Å². The molecule has 1 saturated heterocycles. The molecule has 152 valence electrons. The van der Waals surface area contributed by atoms with Gasteiger partial charge in [0.2, 0.25) is 5.95 Å². The molecule has 30 heavy (non-hydrogen) atoms. The van der Waals surface area contributed by atoms with Crippen LogP contribution in [0.15, 0.2) is 58.6 Å². The monoisotopic (exact) mass is 415 g/mol. The van der Waals surface area contributed by atoms with E-state index in [0.29, 0.717) is 0 Å². The molecular weight excluding hydrogens is 390 g/mol. The Labute approximate surface area is 181 Å². The summed E-state index contributed by atoms with van der Waals surface area (Å²) < 4.78 is 0. The topological polar surface area (TPSA) is 67.9 Å². The SMILES string of the molecule is N[C@@H]1c2ccccc2CC12CCN(c1ncc(Sc3cccc4c3CC4)nn1)CC2. The summed E-state index contributed by atoms with van der Waals surface area (Å²) in [7, 11) is 0. The Kier molecular flexibility index (Phi) is 4.32. The Morgan fingerprint density at radius 3 is 2.53 bits per heavy atom. The van der Waals surface area contributed by atoms with Crippen LogP contribution in [-0.2, 0) is 19.3 Å². The number of nitrogens with zero attached hydrogens (tertiary/aromatic N) is 4. The van der Waals surface area contributed by atoms with Crippen molar-refractivity contribution in [3.05, 3.63) is 70.9 Å². The van der Waals surface area contributed by atoms with Gasteiger partial charge in [0.15, 0.2) is 0 Å². The quantitative estimate of drug-likeness (QED) is 0.698. The van der Waals surface area contributed by atoms with Gasteiger partial charge in [0, 0.05) is 24.0 Å². The van der Waals surface area contributed by atoms with Gasteiger partial charge in [-0.15, -0.1) is 10.2 Å². The molecule has 1 atom stereocenters. The molecule has 0 unspecified atom stereocenters. The van der Waals surface area contributed by atoms with Crippen LogP contribution in [0, 0.1) is 5.41 Å². The van der Waals surface area contributed by atoms with Crippen LogP contribution in [0.4, 0.5) is 5.95 Å². The third-order valence-electron chi connectivity index (χ3n) is 7.25. The molecule has 3 aliphatic rings. The van der Waals surface area contributed by atoms with Crippen molar-refractivity contribution >= 4 is 17.7 Å². The summed E-state index contributed by atoms with van der Waals surface area (Å²) in [4.78, 5) is 8.19. The number of hydrogen-bond acceptors (Lipinski definition) is 6. The molecule has 1 aliphatic heterocycles. The molecular formula is C24H25N5S. The number of piperidine rings is 1. The summed E-state index contributed by atoms with van der Waals surface area (Å²) in [6.07, 6.45) is 7.45. The zero-order valence-corrected chi connectivity index (χ0v) is 17.7. The van der Waals surface area contributed by atoms with Crippen LogP contribution < -0.4 is 10.6 Å². The van der Waals surface area contributed by atoms with E-state index >= 15 is 0 Å². The molecule has 6 rings (SSSR count). The summed E-state index contributed by atoms with van der Waals surface area (Å²) in [5.74, 6) is 0.736. The van der Waals surface area contributed by atoms with Gasteiger partial charge >= 0.3 is 0 Å². The van der Waals surface area contributed by atoms with Gasteiger partial charge in [0.25, 0.3) is 0 Å². The van der Waals surface area contributed by atoms with Gasteiger partial charge in [-0.3, -0.25) is 0 Å². The number of anilines is 1. The van der Waals surface area contributed by atoms with Gasteiger partial charge in [0.1, 0.15) is 5.03 Å². The molecule has 0 radical (unpaired) electrons. The summed E-state index contributed by atoms with van der Waals surface area (Å²) in [6, 6.07) is 15.3. The summed E-state index contributed by atoms with van der Waals surface area (Å²) in [5, 5.41) is 9.78. The fourth-order valence-electron chi connectivity index (χ4n) is 5.33. The minimum Gasteiger partial charge on any atom is -0.339 e. The van der Waals surface area contributed by atoms with Crippen molar-refractivity contribution in [3.63, 3.8) is 0 Å².